The SMILES string of the molecule is CC1(C)c2[nH]c3cc(C(N)=O)ccc3c2C(=O)c2cnc(N3CCC(N4CCCCC4)CC3)c(F)c21. The molecule has 2 aliphatic heterocycles. The molecule has 6 rings (SSSR count). The maximum absolute atomic E-state index is 16.2. The van der Waals surface area contributed by atoms with Gasteiger partial charge in [-0.2, -0.15) is 0 Å². The number of carbonyl (C=O) groups is 2. The topological polar surface area (TPSA) is 95.3 Å². The Hall–Kier alpha value is -3.26. The van der Waals surface area contributed by atoms with Crippen molar-refractivity contribution in [1.82, 2.24) is 14.9 Å². The molecular formula is C28H32FN5O2. The highest BCUT2D eigenvalue weighted by Gasteiger charge is 2.43. The zero-order chi connectivity index (χ0) is 25.2. The molecule has 3 aromatic rings. The van der Waals surface area contributed by atoms with Gasteiger partial charge in [-0.3, -0.25) is 9.59 Å². The Morgan fingerprint density at radius 2 is 1.86 bits per heavy atom. The van der Waals surface area contributed by atoms with Crippen LogP contribution in [0.1, 0.15) is 83.5 Å². The third-order valence-corrected chi connectivity index (χ3v) is 8.48. The number of hydrogen-bond acceptors (Lipinski definition) is 5. The van der Waals surface area contributed by atoms with E-state index in [2.05, 4.69) is 14.9 Å². The van der Waals surface area contributed by atoms with E-state index in [-0.39, 0.29) is 5.78 Å². The Kier molecular flexibility index (Phi) is 5.41. The van der Waals surface area contributed by atoms with E-state index in [1.807, 2.05) is 18.7 Å². The molecule has 1 aliphatic carbocycles. The summed E-state index contributed by atoms with van der Waals surface area (Å²) in [6.45, 7) is 7.70. The summed E-state index contributed by atoms with van der Waals surface area (Å²) in [6, 6.07) is 5.55. The number of H-pyrrole nitrogens is 1. The van der Waals surface area contributed by atoms with E-state index in [1.54, 1.807) is 24.4 Å². The van der Waals surface area contributed by atoms with Crippen LogP contribution in [-0.2, 0) is 5.41 Å². The number of hydrogen-bond donors (Lipinski definition) is 2. The third kappa shape index (κ3) is 3.45. The van der Waals surface area contributed by atoms with Gasteiger partial charge in [0.05, 0.1) is 5.56 Å². The van der Waals surface area contributed by atoms with E-state index < -0.39 is 17.1 Å². The smallest absolute Gasteiger partial charge is 0.248 e. The number of carbonyl (C=O) groups excluding carboxylic acids is 2. The van der Waals surface area contributed by atoms with Crippen molar-refractivity contribution < 1.29 is 14.0 Å². The number of benzene rings is 1. The molecule has 0 spiro atoms. The van der Waals surface area contributed by atoms with Crippen LogP contribution in [-0.4, -0.2) is 58.8 Å². The number of anilines is 1. The fourth-order valence-corrected chi connectivity index (χ4v) is 6.52. The van der Waals surface area contributed by atoms with Crippen molar-refractivity contribution in [2.24, 2.45) is 5.73 Å². The Morgan fingerprint density at radius 1 is 1.14 bits per heavy atom. The van der Waals surface area contributed by atoms with Gasteiger partial charge in [-0.05, 0) is 50.9 Å². The molecule has 0 bridgehead atoms. The molecule has 2 aromatic heterocycles. The molecule has 0 unspecified atom stereocenters. The summed E-state index contributed by atoms with van der Waals surface area (Å²) in [7, 11) is 0. The fraction of sp³-hybridized carbons (Fsp3) is 0.464. The molecule has 2 fully saturated rings. The molecule has 0 atom stereocenters. The van der Waals surface area contributed by atoms with Crippen molar-refractivity contribution in [3.63, 3.8) is 0 Å². The first-order valence-corrected chi connectivity index (χ1v) is 13.0. The Balaban J connectivity index is 1.35. The number of pyridine rings is 1. The first-order valence-electron chi connectivity index (χ1n) is 13.0. The predicted octanol–water partition coefficient (Wildman–Crippen LogP) is 4.13. The van der Waals surface area contributed by atoms with Crippen molar-refractivity contribution >= 4 is 28.4 Å². The number of amides is 1. The van der Waals surface area contributed by atoms with Gasteiger partial charge in [0.25, 0.3) is 0 Å². The van der Waals surface area contributed by atoms with Gasteiger partial charge in [-0.15, -0.1) is 0 Å². The van der Waals surface area contributed by atoms with Gasteiger partial charge in [0, 0.05) is 64.0 Å². The lowest BCUT2D eigenvalue weighted by molar-refractivity contribution is 0.0998. The summed E-state index contributed by atoms with van der Waals surface area (Å²) in [5, 5.41) is 0.697. The third-order valence-electron chi connectivity index (χ3n) is 8.48. The van der Waals surface area contributed by atoms with Crippen molar-refractivity contribution in [3.8, 4) is 0 Å². The summed E-state index contributed by atoms with van der Waals surface area (Å²) >= 11 is 0. The van der Waals surface area contributed by atoms with E-state index >= 15 is 4.39 Å². The molecule has 36 heavy (non-hydrogen) atoms. The number of nitrogens with two attached hydrogens (primary N) is 1. The minimum Gasteiger partial charge on any atom is -0.366 e. The van der Waals surface area contributed by atoms with Crippen LogP contribution < -0.4 is 10.6 Å². The molecule has 188 valence electrons. The van der Waals surface area contributed by atoms with Crippen LogP contribution in [0, 0.1) is 5.82 Å². The lowest BCUT2D eigenvalue weighted by Gasteiger charge is -2.41. The summed E-state index contributed by atoms with van der Waals surface area (Å²) in [6.07, 6.45) is 7.39. The Morgan fingerprint density at radius 3 is 2.56 bits per heavy atom. The number of likely N-dealkylation sites (tertiary alicyclic amines) is 1. The quantitative estimate of drug-likeness (QED) is 0.577. The van der Waals surface area contributed by atoms with E-state index in [0.717, 1.165) is 25.9 Å². The number of nitrogens with one attached hydrogen (secondary N) is 1. The lowest BCUT2D eigenvalue weighted by Crippen LogP contribution is -2.47. The molecule has 8 heteroatoms. The average molecular weight is 490 g/mol. The summed E-state index contributed by atoms with van der Waals surface area (Å²) in [5.74, 6) is -0.867. The number of rotatable bonds is 3. The zero-order valence-corrected chi connectivity index (χ0v) is 20.9. The normalized spacial score (nSPS) is 20.4. The first kappa shape index (κ1) is 23.2. The summed E-state index contributed by atoms with van der Waals surface area (Å²) in [4.78, 5) is 37.7. The summed E-state index contributed by atoms with van der Waals surface area (Å²) < 4.78 is 16.2. The monoisotopic (exact) mass is 489 g/mol. The van der Waals surface area contributed by atoms with Gasteiger partial charge >= 0.3 is 0 Å². The zero-order valence-electron chi connectivity index (χ0n) is 20.9. The van der Waals surface area contributed by atoms with Crippen LogP contribution in [0.4, 0.5) is 10.2 Å². The highest BCUT2D eigenvalue weighted by Crippen LogP contribution is 2.46. The van der Waals surface area contributed by atoms with E-state index in [9.17, 15) is 9.59 Å². The second-order valence-electron chi connectivity index (χ2n) is 11.0. The molecule has 3 N–H and O–H groups in total. The molecule has 1 aromatic carbocycles. The highest BCUT2D eigenvalue weighted by molar-refractivity contribution is 6.20. The second-order valence-corrected chi connectivity index (χ2v) is 11.0. The van der Waals surface area contributed by atoms with Gasteiger partial charge in [0.2, 0.25) is 5.91 Å². The van der Waals surface area contributed by atoms with E-state index in [1.165, 1.54) is 32.4 Å². The minimum atomic E-state index is -0.793. The molecule has 0 saturated carbocycles. The van der Waals surface area contributed by atoms with Gasteiger partial charge < -0.3 is 20.5 Å². The second kappa shape index (κ2) is 8.40. The number of primary amides is 1. The molecule has 3 aliphatic rings. The first-order chi connectivity index (χ1) is 17.3. The molecule has 2 saturated heterocycles. The molecule has 0 radical (unpaired) electrons. The van der Waals surface area contributed by atoms with Gasteiger partial charge in [-0.1, -0.05) is 26.3 Å². The Labute approximate surface area is 209 Å². The molecule has 1 amide bonds. The highest BCUT2D eigenvalue weighted by atomic mass is 19.1. The maximum atomic E-state index is 16.2. The van der Waals surface area contributed by atoms with Gasteiger partial charge in [0.1, 0.15) is 0 Å². The number of halogens is 1. The van der Waals surface area contributed by atoms with Crippen molar-refractivity contribution in [3.05, 3.63) is 58.2 Å². The van der Waals surface area contributed by atoms with E-state index in [0.29, 0.717) is 50.7 Å². The van der Waals surface area contributed by atoms with Gasteiger partial charge in [0.15, 0.2) is 17.4 Å². The minimum absolute atomic E-state index is 0.251. The summed E-state index contributed by atoms with van der Waals surface area (Å²) in [5.41, 5.74) is 7.49. The number of aromatic amines is 1. The van der Waals surface area contributed by atoms with Crippen LogP contribution in [0.3, 0.4) is 0 Å². The van der Waals surface area contributed by atoms with Crippen molar-refractivity contribution in [1.29, 1.82) is 0 Å². The maximum Gasteiger partial charge on any atom is 0.248 e. The van der Waals surface area contributed by atoms with Gasteiger partial charge in [-0.25, -0.2) is 9.37 Å². The van der Waals surface area contributed by atoms with Crippen LogP contribution in [0.25, 0.3) is 10.9 Å². The molecule has 7 nitrogen and oxygen atoms in total. The number of piperidine rings is 2. The van der Waals surface area contributed by atoms with Crippen molar-refractivity contribution in [2.75, 3.05) is 31.1 Å². The molecular weight excluding hydrogens is 457 g/mol. The number of nitrogens with zero attached hydrogens (tertiary/aromatic N) is 3. The van der Waals surface area contributed by atoms with Crippen LogP contribution in [0.2, 0.25) is 0 Å². The number of ketones is 1. The largest absolute Gasteiger partial charge is 0.366 e. The van der Waals surface area contributed by atoms with Crippen molar-refractivity contribution in [2.45, 2.75) is 57.4 Å². The molecule has 4 heterocycles. The lowest BCUT2D eigenvalue weighted by atomic mass is 9.71. The van der Waals surface area contributed by atoms with Crippen LogP contribution >= 0.6 is 0 Å². The average Bonchev–Trinajstić information content (AvgIpc) is 3.28. The Bertz CT molecular complexity index is 1380. The van der Waals surface area contributed by atoms with Crippen LogP contribution in [0.5, 0.6) is 0 Å². The fourth-order valence-electron chi connectivity index (χ4n) is 6.52. The standard InChI is InChI=1S/C28H32FN5O2/c1-28(2)22-19(24(35)21-18-7-6-16(26(30)36)14-20(18)32-25(21)28)15-31-27(23(22)29)34-12-8-17(9-13-34)33-10-4-3-5-11-33/h6-7,14-15,17,32H,3-5,8-13H2,1-2H3,(H2,30,36). The van der Waals surface area contributed by atoms with Crippen LogP contribution in [0.15, 0.2) is 24.4 Å². The predicted molar refractivity (Wildman–Crippen MR) is 137 cm³/mol. The number of fused-ring (bicyclic) bond motifs is 4. The number of aromatic nitrogens is 2. The van der Waals surface area contributed by atoms with E-state index in [4.69, 9.17) is 5.73 Å².